The molecule has 3 rings (SSSR count). The molecular weight excluding hydrogens is 378 g/mol. The number of nitrogens with zero attached hydrogens (tertiary/aromatic N) is 4. The van der Waals surface area contributed by atoms with Gasteiger partial charge in [0.15, 0.2) is 23.2 Å². The number of anilines is 1. The van der Waals surface area contributed by atoms with Gasteiger partial charge in [-0.1, -0.05) is 24.1 Å². The normalized spacial score (nSPS) is 14.1. The number of aliphatic hydroxyl groups excluding tert-OH is 3. The van der Waals surface area contributed by atoms with Crippen LogP contribution in [0.5, 0.6) is 0 Å². The van der Waals surface area contributed by atoms with Crippen LogP contribution in [0, 0.1) is 11.8 Å². The van der Waals surface area contributed by atoms with Gasteiger partial charge in [-0.15, -0.1) is 0 Å². The first-order chi connectivity index (χ1) is 14.1. The van der Waals surface area contributed by atoms with E-state index in [2.05, 4.69) is 32.3 Å². The first-order valence-corrected chi connectivity index (χ1v) is 8.69. The Balaban J connectivity index is 2.05. The predicted octanol–water partition coefficient (Wildman–Crippen LogP) is 0.0585. The maximum Gasteiger partial charge on any atom is 0.209 e. The van der Waals surface area contributed by atoms with Crippen LogP contribution >= 0.6 is 0 Å². The molecule has 3 aromatic rings. The molecule has 4 N–H and O–H groups in total. The van der Waals surface area contributed by atoms with E-state index in [-0.39, 0.29) is 17.3 Å². The monoisotopic (exact) mass is 399 g/mol. The summed E-state index contributed by atoms with van der Waals surface area (Å²) < 4.78 is 6.23. The third-order valence-electron chi connectivity index (χ3n) is 4.17. The van der Waals surface area contributed by atoms with Crippen LogP contribution in [0.1, 0.15) is 17.6 Å². The summed E-state index contributed by atoms with van der Waals surface area (Å²) in [4.78, 5) is 17.8. The van der Waals surface area contributed by atoms with E-state index in [0.29, 0.717) is 5.52 Å². The zero-order valence-electron chi connectivity index (χ0n) is 15.9. The summed E-state index contributed by atoms with van der Waals surface area (Å²) in [5.41, 5.74) is 3.92. The third kappa shape index (κ3) is 4.51. The van der Waals surface area contributed by atoms with Crippen LogP contribution < -0.4 is 5.48 Å². The molecule has 0 amide bonds. The van der Waals surface area contributed by atoms with E-state index >= 15 is 0 Å². The number of imidazole rings is 1. The van der Waals surface area contributed by atoms with Crippen molar-refractivity contribution in [3.05, 3.63) is 48.0 Å². The molecule has 0 aliphatic heterocycles. The lowest BCUT2D eigenvalue weighted by Gasteiger charge is -2.25. The van der Waals surface area contributed by atoms with Crippen molar-refractivity contribution in [1.82, 2.24) is 19.5 Å². The molecule has 0 spiro atoms. The predicted molar refractivity (Wildman–Crippen MR) is 104 cm³/mol. The number of fused-ring (bicyclic) bond motifs is 1. The quantitative estimate of drug-likeness (QED) is 0.321. The molecule has 2 heterocycles. The Bertz CT molecular complexity index is 1010. The van der Waals surface area contributed by atoms with Crippen molar-refractivity contribution >= 4 is 17.0 Å². The second kappa shape index (κ2) is 9.42. The Morgan fingerprint density at radius 3 is 2.55 bits per heavy atom. The Labute approximate surface area is 166 Å². The molecule has 29 heavy (non-hydrogen) atoms. The van der Waals surface area contributed by atoms with Crippen LogP contribution in [0.2, 0.25) is 0 Å². The molecule has 0 fully saturated rings. The number of hydrogen-bond donors (Lipinski definition) is 4. The van der Waals surface area contributed by atoms with E-state index in [1.54, 1.807) is 0 Å². The van der Waals surface area contributed by atoms with Gasteiger partial charge in [0.2, 0.25) is 5.82 Å². The van der Waals surface area contributed by atoms with Crippen molar-refractivity contribution in [2.45, 2.75) is 18.4 Å². The van der Waals surface area contributed by atoms with Gasteiger partial charge in [-0.05, 0) is 18.1 Å². The Kier molecular flexibility index (Phi) is 6.71. The fourth-order valence-electron chi connectivity index (χ4n) is 2.66. The van der Waals surface area contributed by atoms with Crippen LogP contribution in [0.25, 0.3) is 11.2 Å². The number of rotatable bonds is 7. The number of aliphatic hydroxyl groups is 3. The summed E-state index contributed by atoms with van der Waals surface area (Å²) in [5, 5.41) is 30.2. The van der Waals surface area contributed by atoms with E-state index in [9.17, 15) is 15.3 Å². The minimum atomic E-state index is -1.47. The van der Waals surface area contributed by atoms with E-state index in [1.807, 2.05) is 30.3 Å². The Hall–Kier alpha value is -3.07. The van der Waals surface area contributed by atoms with Crippen molar-refractivity contribution in [3.63, 3.8) is 0 Å². The second-order valence-corrected chi connectivity index (χ2v) is 6.00. The summed E-state index contributed by atoms with van der Waals surface area (Å²) in [6.07, 6.45) is -2.59. The van der Waals surface area contributed by atoms with Gasteiger partial charge in [-0.2, -0.15) is 4.98 Å². The second-order valence-electron chi connectivity index (χ2n) is 6.00. The minimum Gasteiger partial charge on any atom is -0.394 e. The number of benzene rings is 1. The molecule has 0 aliphatic carbocycles. The SMILES string of the molecule is CONc1nc(C#Cc2ccccc2)nc2c1ncn2[C@H](O)[C@H](O)[C@@H](CO)OC. The summed E-state index contributed by atoms with van der Waals surface area (Å²) in [6.45, 7) is -0.472. The van der Waals surface area contributed by atoms with Crippen molar-refractivity contribution in [2.75, 3.05) is 26.3 Å². The van der Waals surface area contributed by atoms with Gasteiger partial charge >= 0.3 is 0 Å². The zero-order chi connectivity index (χ0) is 20.8. The largest absolute Gasteiger partial charge is 0.394 e. The average Bonchev–Trinajstić information content (AvgIpc) is 3.17. The molecule has 2 aromatic heterocycles. The molecule has 0 unspecified atom stereocenters. The Morgan fingerprint density at radius 2 is 1.90 bits per heavy atom. The highest BCUT2D eigenvalue weighted by molar-refractivity contribution is 5.83. The molecule has 10 nitrogen and oxygen atoms in total. The third-order valence-corrected chi connectivity index (χ3v) is 4.17. The molecule has 10 heteroatoms. The van der Waals surface area contributed by atoms with Gasteiger partial charge in [0.25, 0.3) is 0 Å². The smallest absolute Gasteiger partial charge is 0.209 e. The van der Waals surface area contributed by atoms with Gasteiger partial charge in [0, 0.05) is 12.7 Å². The highest BCUT2D eigenvalue weighted by Gasteiger charge is 2.29. The van der Waals surface area contributed by atoms with Crippen molar-refractivity contribution in [2.24, 2.45) is 0 Å². The minimum absolute atomic E-state index is 0.162. The van der Waals surface area contributed by atoms with Gasteiger partial charge < -0.3 is 20.1 Å². The topological polar surface area (TPSA) is 135 Å². The van der Waals surface area contributed by atoms with Crippen molar-refractivity contribution in [3.8, 4) is 11.8 Å². The summed E-state index contributed by atoms with van der Waals surface area (Å²) in [5.74, 6) is 6.23. The molecule has 1 aromatic carbocycles. The van der Waals surface area contributed by atoms with Crippen LogP contribution in [0.3, 0.4) is 0 Å². The number of aromatic nitrogens is 4. The number of hydrogen-bond acceptors (Lipinski definition) is 9. The van der Waals surface area contributed by atoms with Crippen molar-refractivity contribution in [1.29, 1.82) is 0 Å². The maximum absolute atomic E-state index is 10.6. The molecule has 0 aliphatic rings. The van der Waals surface area contributed by atoms with E-state index in [4.69, 9.17) is 9.57 Å². The lowest BCUT2D eigenvalue weighted by atomic mass is 10.2. The van der Waals surface area contributed by atoms with Gasteiger partial charge in [-0.3, -0.25) is 9.40 Å². The van der Waals surface area contributed by atoms with Crippen molar-refractivity contribution < 1.29 is 24.9 Å². The van der Waals surface area contributed by atoms with Crippen LogP contribution in [0.4, 0.5) is 5.82 Å². The standard InChI is InChI=1S/C19H21N5O5/c1-28-13(10-25)16(26)19(27)24-11-20-15-17(23-29-2)21-14(22-18(15)24)9-8-12-6-4-3-5-7-12/h3-7,11,13,16,19,25-27H,10H2,1-2H3,(H,21,22,23)/t13-,16-,19-/m1/s1. The molecule has 152 valence electrons. The lowest BCUT2D eigenvalue weighted by Crippen LogP contribution is -2.38. The fraction of sp³-hybridized carbons (Fsp3) is 0.316. The summed E-state index contributed by atoms with van der Waals surface area (Å²) in [7, 11) is 2.74. The van der Waals surface area contributed by atoms with Crippen LogP contribution in [-0.2, 0) is 9.57 Å². The molecule has 3 atom stereocenters. The van der Waals surface area contributed by atoms with Crippen LogP contribution in [-0.4, -0.2) is 67.9 Å². The van der Waals surface area contributed by atoms with Gasteiger partial charge in [0.1, 0.15) is 12.2 Å². The molecule has 0 saturated carbocycles. The van der Waals surface area contributed by atoms with E-state index in [1.165, 1.54) is 25.1 Å². The van der Waals surface area contributed by atoms with Gasteiger partial charge in [0.05, 0.1) is 20.0 Å². The maximum atomic E-state index is 10.6. The lowest BCUT2D eigenvalue weighted by molar-refractivity contribution is -0.116. The first kappa shape index (κ1) is 20.7. The average molecular weight is 399 g/mol. The molecule has 0 bridgehead atoms. The van der Waals surface area contributed by atoms with Crippen LogP contribution in [0.15, 0.2) is 36.7 Å². The van der Waals surface area contributed by atoms with E-state index in [0.717, 1.165) is 5.56 Å². The summed E-state index contributed by atoms with van der Waals surface area (Å²) in [6, 6.07) is 9.32. The van der Waals surface area contributed by atoms with Gasteiger partial charge in [-0.25, -0.2) is 15.4 Å². The fourth-order valence-corrected chi connectivity index (χ4v) is 2.66. The number of nitrogens with one attached hydrogen (secondary N) is 1. The first-order valence-electron chi connectivity index (χ1n) is 8.69. The number of methoxy groups -OCH3 is 1. The highest BCUT2D eigenvalue weighted by atomic mass is 16.6. The molecule has 0 radical (unpaired) electrons. The highest BCUT2D eigenvalue weighted by Crippen LogP contribution is 2.23. The number of ether oxygens (including phenoxy) is 1. The Morgan fingerprint density at radius 1 is 1.14 bits per heavy atom. The molecule has 0 saturated heterocycles. The van der Waals surface area contributed by atoms with E-state index < -0.39 is 25.0 Å². The molecular formula is C19H21N5O5. The zero-order valence-corrected chi connectivity index (χ0v) is 15.9. The summed E-state index contributed by atoms with van der Waals surface area (Å²) >= 11 is 0.